The van der Waals surface area contributed by atoms with E-state index in [2.05, 4.69) is 13.8 Å². The van der Waals surface area contributed by atoms with Gasteiger partial charge in [0.25, 0.3) is 0 Å². The Morgan fingerprint density at radius 3 is 2.83 bits per heavy atom. The number of rotatable bonds is 6. The molecule has 0 aromatic carbocycles. The molecule has 106 valence electrons. The monoisotopic (exact) mass is 256 g/mol. The number of carbonyl (C=O) groups is 1. The Morgan fingerprint density at radius 2 is 2.22 bits per heavy atom. The number of ether oxygens (including phenoxy) is 1. The van der Waals surface area contributed by atoms with E-state index in [0.717, 1.165) is 19.3 Å². The maximum Gasteiger partial charge on any atom is 0.305 e. The Morgan fingerprint density at radius 1 is 1.50 bits per heavy atom. The van der Waals surface area contributed by atoms with Crippen LogP contribution >= 0.6 is 0 Å². The second-order valence-electron chi connectivity index (χ2n) is 6.12. The number of hydrogen-bond acceptors (Lipinski definition) is 3. The first-order chi connectivity index (χ1) is 8.45. The van der Waals surface area contributed by atoms with Crippen LogP contribution in [-0.4, -0.2) is 23.3 Å². The Labute approximate surface area is 111 Å². The van der Waals surface area contributed by atoms with Crippen molar-refractivity contribution in [2.75, 3.05) is 6.61 Å². The SMILES string of the molecule is CCOC(=O)CCC1(O)CCCC(CC(C)C)C1. The van der Waals surface area contributed by atoms with E-state index in [1.54, 1.807) is 0 Å². The van der Waals surface area contributed by atoms with Crippen LogP contribution in [0.5, 0.6) is 0 Å². The molecule has 0 spiro atoms. The Kier molecular flexibility index (Phi) is 6.13. The van der Waals surface area contributed by atoms with Crippen LogP contribution in [0, 0.1) is 11.8 Å². The first-order valence-electron chi connectivity index (χ1n) is 7.33. The van der Waals surface area contributed by atoms with Gasteiger partial charge >= 0.3 is 5.97 Å². The van der Waals surface area contributed by atoms with Crippen molar-refractivity contribution < 1.29 is 14.6 Å². The van der Waals surface area contributed by atoms with Gasteiger partial charge in [0.2, 0.25) is 0 Å². The molecular formula is C15H28O3. The standard InChI is InChI=1S/C15H28O3/c1-4-18-14(16)7-9-15(17)8-5-6-13(11-15)10-12(2)3/h12-13,17H,4-11H2,1-3H3. The minimum atomic E-state index is -0.634. The van der Waals surface area contributed by atoms with Crippen LogP contribution in [0.4, 0.5) is 0 Å². The first kappa shape index (κ1) is 15.5. The van der Waals surface area contributed by atoms with E-state index in [1.165, 1.54) is 12.8 Å². The Hall–Kier alpha value is -0.570. The minimum absolute atomic E-state index is 0.183. The van der Waals surface area contributed by atoms with E-state index < -0.39 is 5.60 Å². The highest BCUT2D eigenvalue weighted by atomic mass is 16.5. The van der Waals surface area contributed by atoms with Crippen LogP contribution in [0.2, 0.25) is 0 Å². The van der Waals surface area contributed by atoms with Crippen molar-refractivity contribution in [1.29, 1.82) is 0 Å². The van der Waals surface area contributed by atoms with Gasteiger partial charge in [0, 0.05) is 6.42 Å². The molecule has 2 atom stereocenters. The molecule has 1 N–H and O–H groups in total. The molecule has 3 nitrogen and oxygen atoms in total. The van der Waals surface area contributed by atoms with Crippen molar-refractivity contribution in [2.45, 2.75) is 71.3 Å². The highest BCUT2D eigenvalue weighted by Gasteiger charge is 2.34. The molecule has 0 radical (unpaired) electrons. The van der Waals surface area contributed by atoms with Gasteiger partial charge in [-0.3, -0.25) is 4.79 Å². The number of esters is 1. The summed E-state index contributed by atoms with van der Waals surface area (Å²) in [6.07, 6.45) is 6.07. The predicted molar refractivity (Wildman–Crippen MR) is 72.2 cm³/mol. The van der Waals surface area contributed by atoms with Gasteiger partial charge in [-0.1, -0.05) is 26.7 Å². The van der Waals surface area contributed by atoms with E-state index in [1.807, 2.05) is 6.92 Å². The molecular weight excluding hydrogens is 228 g/mol. The van der Waals surface area contributed by atoms with Crippen LogP contribution in [0.25, 0.3) is 0 Å². The maximum absolute atomic E-state index is 11.4. The summed E-state index contributed by atoms with van der Waals surface area (Å²) in [4.78, 5) is 11.4. The topological polar surface area (TPSA) is 46.5 Å². The van der Waals surface area contributed by atoms with Crippen molar-refractivity contribution in [3.8, 4) is 0 Å². The van der Waals surface area contributed by atoms with E-state index in [4.69, 9.17) is 4.74 Å². The molecule has 1 saturated carbocycles. The summed E-state index contributed by atoms with van der Waals surface area (Å²) in [7, 11) is 0. The van der Waals surface area contributed by atoms with Gasteiger partial charge in [0.05, 0.1) is 12.2 Å². The zero-order valence-electron chi connectivity index (χ0n) is 12.1. The molecule has 0 heterocycles. The summed E-state index contributed by atoms with van der Waals surface area (Å²) in [6, 6.07) is 0. The van der Waals surface area contributed by atoms with Crippen LogP contribution in [0.15, 0.2) is 0 Å². The van der Waals surface area contributed by atoms with Gasteiger partial charge in [-0.2, -0.15) is 0 Å². The van der Waals surface area contributed by atoms with Gasteiger partial charge < -0.3 is 9.84 Å². The molecule has 0 amide bonds. The lowest BCUT2D eigenvalue weighted by Gasteiger charge is -2.37. The smallest absolute Gasteiger partial charge is 0.305 e. The summed E-state index contributed by atoms with van der Waals surface area (Å²) < 4.78 is 4.92. The number of hydrogen-bond donors (Lipinski definition) is 1. The number of aliphatic hydroxyl groups is 1. The highest BCUT2D eigenvalue weighted by Crippen LogP contribution is 2.38. The average Bonchev–Trinajstić information content (AvgIpc) is 2.26. The Balaban J connectivity index is 2.39. The zero-order chi connectivity index (χ0) is 13.6. The second kappa shape index (κ2) is 7.13. The number of carbonyl (C=O) groups excluding carboxylic acids is 1. The lowest BCUT2D eigenvalue weighted by Crippen LogP contribution is -2.36. The third kappa shape index (κ3) is 5.38. The zero-order valence-corrected chi connectivity index (χ0v) is 12.1. The third-order valence-electron chi connectivity index (χ3n) is 3.83. The van der Waals surface area contributed by atoms with Crippen molar-refractivity contribution in [3.63, 3.8) is 0 Å². The molecule has 1 rings (SSSR count). The molecule has 1 fully saturated rings. The molecule has 18 heavy (non-hydrogen) atoms. The van der Waals surface area contributed by atoms with Gasteiger partial charge in [-0.05, 0) is 44.4 Å². The fourth-order valence-corrected chi connectivity index (χ4v) is 3.12. The van der Waals surface area contributed by atoms with Gasteiger partial charge in [0.1, 0.15) is 0 Å². The molecule has 1 aliphatic rings. The molecule has 3 heteroatoms. The highest BCUT2D eigenvalue weighted by molar-refractivity contribution is 5.69. The molecule has 0 aliphatic heterocycles. The van der Waals surface area contributed by atoms with E-state index >= 15 is 0 Å². The van der Waals surface area contributed by atoms with Crippen LogP contribution in [0.1, 0.15) is 65.7 Å². The van der Waals surface area contributed by atoms with Crippen LogP contribution in [0.3, 0.4) is 0 Å². The average molecular weight is 256 g/mol. The third-order valence-corrected chi connectivity index (χ3v) is 3.83. The maximum atomic E-state index is 11.4. The van der Waals surface area contributed by atoms with Gasteiger partial charge in [0.15, 0.2) is 0 Å². The lowest BCUT2D eigenvalue weighted by molar-refractivity contribution is -0.145. The van der Waals surface area contributed by atoms with Crippen molar-refractivity contribution in [1.82, 2.24) is 0 Å². The van der Waals surface area contributed by atoms with Crippen molar-refractivity contribution in [3.05, 3.63) is 0 Å². The summed E-state index contributed by atoms with van der Waals surface area (Å²) in [5, 5.41) is 10.6. The summed E-state index contributed by atoms with van der Waals surface area (Å²) in [6.45, 7) is 6.69. The van der Waals surface area contributed by atoms with Crippen LogP contribution in [-0.2, 0) is 9.53 Å². The predicted octanol–water partition coefficient (Wildman–Crippen LogP) is 3.30. The van der Waals surface area contributed by atoms with Crippen LogP contribution < -0.4 is 0 Å². The lowest BCUT2D eigenvalue weighted by atomic mass is 9.73. The van der Waals surface area contributed by atoms with Crippen molar-refractivity contribution in [2.24, 2.45) is 11.8 Å². The van der Waals surface area contributed by atoms with E-state index in [0.29, 0.717) is 31.3 Å². The first-order valence-corrected chi connectivity index (χ1v) is 7.33. The molecule has 0 bridgehead atoms. The molecule has 0 aromatic rings. The normalized spacial score (nSPS) is 28.4. The minimum Gasteiger partial charge on any atom is -0.466 e. The van der Waals surface area contributed by atoms with Gasteiger partial charge in [-0.25, -0.2) is 0 Å². The fourth-order valence-electron chi connectivity index (χ4n) is 3.12. The van der Waals surface area contributed by atoms with Gasteiger partial charge in [-0.15, -0.1) is 0 Å². The second-order valence-corrected chi connectivity index (χ2v) is 6.12. The quantitative estimate of drug-likeness (QED) is 0.742. The van der Waals surface area contributed by atoms with Crippen molar-refractivity contribution >= 4 is 5.97 Å². The molecule has 1 aliphatic carbocycles. The fraction of sp³-hybridized carbons (Fsp3) is 0.933. The molecule has 0 saturated heterocycles. The molecule has 0 aromatic heterocycles. The summed E-state index contributed by atoms with van der Waals surface area (Å²) in [5.74, 6) is 1.12. The summed E-state index contributed by atoms with van der Waals surface area (Å²) >= 11 is 0. The molecule has 2 unspecified atom stereocenters. The Bertz CT molecular complexity index is 262. The van der Waals surface area contributed by atoms with E-state index in [-0.39, 0.29) is 5.97 Å². The summed E-state index contributed by atoms with van der Waals surface area (Å²) in [5.41, 5.74) is -0.634. The van der Waals surface area contributed by atoms with E-state index in [9.17, 15) is 9.90 Å². The largest absolute Gasteiger partial charge is 0.466 e.